The summed E-state index contributed by atoms with van der Waals surface area (Å²) in [6.45, 7) is 7.06. The van der Waals surface area contributed by atoms with Gasteiger partial charge in [-0.15, -0.1) is 10.2 Å². The molecule has 0 amide bonds. The Morgan fingerprint density at radius 3 is 2.80 bits per heavy atom. The lowest BCUT2D eigenvalue weighted by molar-refractivity contribution is 0.0663. The fraction of sp³-hybridized carbons (Fsp3) is 0.800. The van der Waals surface area contributed by atoms with Crippen molar-refractivity contribution in [2.75, 3.05) is 6.54 Å². The van der Waals surface area contributed by atoms with E-state index < -0.39 is 5.60 Å². The summed E-state index contributed by atoms with van der Waals surface area (Å²) in [5.74, 6) is 1.32. The normalized spacial score (nSPS) is 15.6. The van der Waals surface area contributed by atoms with E-state index in [2.05, 4.69) is 24.0 Å². The number of nitrogens with zero attached hydrogens (tertiary/aromatic N) is 3. The molecule has 0 radical (unpaired) electrons. The van der Waals surface area contributed by atoms with Gasteiger partial charge in [0.2, 0.25) is 0 Å². The Bertz CT molecular complexity index is 306. The Hall–Kier alpha value is -0.940. The van der Waals surface area contributed by atoms with E-state index in [0.29, 0.717) is 12.3 Å². The van der Waals surface area contributed by atoms with Crippen molar-refractivity contribution in [1.82, 2.24) is 14.8 Å². The third-order valence-electron chi connectivity index (χ3n) is 2.24. The molecule has 0 saturated carbocycles. The molecule has 86 valence electrons. The van der Waals surface area contributed by atoms with Crippen LogP contribution < -0.4 is 5.73 Å². The van der Waals surface area contributed by atoms with Gasteiger partial charge < -0.3 is 15.4 Å². The second kappa shape index (κ2) is 4.72. The van der Waals surface area contributed by atoms with E-state index in [0.717, 1.165) is 12.4 Å². The minimum absolute atomic E-state index is 0.224. The number of hydrogen-bond donors (Lipinski definition) is 2. The van der Waals surface area contributed by atoms with Crippen LogP contribution in [0.3, 0.4) is 0 Å². The molecule has 0 aliphatic carbocycles. The van der Waals surface area contributed by atoms with Crippen molar-refractivity contribution >= 4 is 0 Å². The zero-order valence-corrected chi connectivity index (χ0v) is 9.64. The average molecular weight is 212 g/mol. The van der Waals surface area contributed by atoms with Gasteiger partial charge in [-0.05, 0) is 12.8 Å². The van der Waals surface area contributed by atoms with E-state index >= 15 is 0 Å². The van der Waals surface area contributed by atoms with Gasteiger partial charge in [-0.25, -0.2) is 0 Å². The first-order valence-corrected chi connectivity index (χ1v) is 5.24. The molecular weight excluding hydrogens is 192 g/mol. The quantitative estimate of drug-likeness (QED) is 0.730. The summed E-state index contributed by atoms with van der Waals surface area (Å²) in [4.78, 5) is 0. The van der Waals surface area contributed by atoms with Crippen molar-refractivity contribution in [3.05, 3.63) is 12.2 Å². The van der Waals surface area contributed by atoms with Crippen LogP contribution >= 0.6 is 0 Å². The monoisotopic (exact) mass is 212 g/mol. The van der Waals surface area contributed by atoms with E-state index in [1.54, 1.807) is 13.3 Å². The minimum atomic E-state index is -0.901. The zero-order chi connectivity index (χ0) is 11.5. The summed E-state index contributed by atoms with van der Waals surface area (Å²) >= 11 is 0. The Balaban J connectivity index is 2.73. The van der Waals surface area contributed by atoms with Gasteiger partial charge in [-0.3, -0.25) is 0 Å². The lowest BCUT2D eigenvalue weighted by atomic mass is 10.0. The largest absolute Gasteiger partial charge is 0.388 e. The summed E-state index contributed by atoms with van der Waals surface area (Å²) in [5, 5.41) is 17.7. The molecular formula is C10H20N4O. The maximum Gasteiger partial charge on any atom is 0.135 e. The molecule has 5 nitrogen and oxygen atoms in total. The molecule has 1 atom stereocenters. The van der Waals surface area contributed by atoms with Crippen molar-refractivity contribution in [2.45, 2.75) is 39.3 Å². The molecule has 1 rings (SSSR count). The summed E-state index contributed by atoms with van der Waals surface area (Å²) < 4.78 is 1.97. The fourth-order valence-corrected chi connectivity index (χ4v) is 1.37. The lowest BCUT2D eigenvalue weighted by Gasteiger charge is -2.20. The standard InChI is InChI=1S/C10H20N4O/c1-8(2)5-14-7-12-13-9(14)4-10(3,15)6-11/h7-8,15H,4-6,11H2,1-3H3. The first-order chi connectivity index (χ1) is 6.94. The third kappa shape index (κ3) is 3.60. The van der Waals surface area contributed by atoms with Crippen molar-refractivity contribution in [3.8, 4) is 0 Å². The second-order valence-corrected chi connectivity index (χ2v) is 4.67. The Morgan fingerprint density at radius 2 is 2.27 bits per heavy atom. The Morgan fingerprint density at radius 1 is 1.60 bits per heavy atom. The van der Waals surface area contributed by atoms with Crippen molar-refractivity contribution in [1.29, 1.82) is 0 Å². The molecule has 0 fully saturated rings. The molecule has 1 heterocycles. The van der Waals surface area contributed by atoms with Gasteiger partial charge in [0.1, 0.15) is 12.2 Å². The highest BCUT2D eigenvalue weighted by Gasteiger charge is 2.22. The molecule has 0 spiro atoms. The highest BCUT2D eigenvalue weighted by atomic mass is 16.3. The van der Waals surface area contributed by atoms with Gasteiger partial charge in [-0.2, -0.15) is 0 Å². The van der Waals surface area contributed by atoms with Crippen LogP contribution in [0.15, 0.2) is 6.33 Å². The minimum Gasteiger partial charge on any atom is -0.388 e. The van der Waals surface area contributed by atoms with Crippen LogP contribution in [0.1, 0.15) is 26.6 Å². The van der Waals surface area contributed by atoms with E-state index in [1.165, 1.54) is 0 Å². The molecule has 1 aromatic heterocycles. The second-order valence-electron chi connectivity index (χ2n) is 4.67. The van der Waals surface area contributed by atoms with E-state index in [1.807, 2.05) is 4.57 Å². The molecule has 15 heavy (non-hydrogen) atoms. The number of aromatic nitrogens is 3. The van der Waals surface area contributed by atoms with Crippen molar-refractivity contribution < 1.29 is 5.11 Å². The van der Waals surface area contributed by atoms with Gasteiger partial charge in [0, 0.05) is 19.5 Å². The van der Waals surface area contributed by atoms with Crippen LogP contribution in [0.4, 0.5) is 0 Å². The van der Waals surface area contributed by atoms with Crippen molar-refractivity contribution in [3.63, 3.8) is 0 Å². The molecule has 0 saturated heterocycles. The van der Waals surface area contributed by atoms with Gasteiger partial charge in [-0.1, -0.05) is 13.8 Å². The topological polar surface area (TPSA) is 77.0 Å². The number of nitrogens with two attached hydrogens (primary N) is 1. The Labute approximate surface area is 90.3 Å². The molecule has 3 N–H and O–H groups in total. The first kappa shape index (κ1) is 12.1. The fourth-order valence-electron chi connectivity index (χ4n) is 1.37. The van der Waals surface area contributed by atoms with E-state index in [9.17, 15) is 5.11 Å². The van der Waals surface area contributed by atoms with E-state index in [4.69, 9.17) is 5.73 Å². The van der Waals surface area contributed by atoms with Gasteiger partial charge in [0.15, 0.2) is 0 Å². The van der Waals surface area contributed by atoms with Crippen LogP contribution in [-0.2, 0) is 13.0 Å². The predicted molar refractivity (Wildman–Crippen MR) is 58.2 cm³/mol. The van der Waals surface area contributed by atoms with Crippen LogP contribution in [0.5, 0.6) is 0 Å². The summed E-state index contributed by atoms with van der Waals surface area (Å²) in [7, 11) is 0. The third-order valence-corrected chi connectivity index (χ3v) is 2.24. The highest BCUT2D eigenvalue weighted by Crippen LogP contribution is 2.11. The molecule has 5 heteroatoms. The lowest BCUT2D eigenvalue weighted by Crippen LogP contribution is -2.37. The maximum atomic E-state index is 9.85. The maximum absolute atomic E-state index is 9.85. The van der Waals surface area contributed by atoms with Gasteiger partial charge >= 0.3 is 0 Å². The Kier molecular flexibility index (Phi) is 3.82. The zero-order valence-electron chi connectivity index (χ0n) is 9.64. The first-order valence-electron chi connectivity index (χ1n) is 5.24. The smallest absolute Gasteiger partial charge is 0.135 e. The average Bonchev–Trinajstić information content (AvgIpc) is 2.51. The molecule has 0 aliphatic rings. The van der Waals surface area contributed by atoms with Crippen LogP contribution in [0.25, 0.3) is 0 Å². The summed E-state index contributed by atoms with van der Waals surface area (Å²) in [5.41, 5.74) is 4.57. The van der Waals surface area contributed by atoms with E-state index in [-0.39, 0.29) is 6.54 Å². The molecule has 0 aromatic carbocycles. The van der Waals surface area contributed by atoms with Gasteiger partial charge in [0.05, 0.1) is 5.60 Å². The molecule has 0 aliphatic heterocycles. The SMILES string of the molecule is CC(C)Cn1cnnc1CC(C)(O)CN. The van der Waals surface area contributed by atoms with Crippen LogP contribution in [-0.4, -0.2) is 32.0 Å². The summed E-state index contributed by atoms with van der Waals surface area (Å²) in [6.07, 6.45) is 2.14. The van der Waals surface area contributed by atoms with Crippen LogP contribution in [0, 0.1) is 5.92 Å². The predicted octanol–water partition coefficient (Wildman–Crippen LogP) is 0.186. The molecule has 0 bridgehead atoms. The highest BCUT2D eigenvalue weighted by molar-refractivity contribution is 4.94. The number of aliphatic hydroxyl groups is 1. The van der Waals surface area contributed by atoms with Gasteiger partial charge in [0.25, 0.3) is 0 Å². The van der Waals surface area contributed by atoms with Crippen molar-refractivity contribution in [2.24, 2.45) is 11.7 Å². The summed E-state index contributed by atoms with van der Waals surface area (Å²) in [6, 6.07) is 0. The molecule has 1 unspecified atom stereocenters. The van der Waals surface area contributed by atoms with Crippen LogP contribution in [0.2, 0.25) is 0 Å². The number of hydrogen-bond acceptors (Lipinski definition) is 4. The number of rotatable bonds is 5. The molecule has 1 aromatic rings.